The van der Waals surface area contributed by atoms with Crippen LogP contribution in [0.15, 0.2) is 30.3 Å². The van der Waals surface area contributed by atoms with E-state index in [2.05, 4.69) is 5.32 Å². The highest BCUT2D eigenvalue weighted by atomic mass is 16.3. The molecule has 1 fully saturated rings. The zero-order chi connectivity index (χ0) is 14.4. The summed E-state index contributed by atoms with van der Waals surface area (Å²) in [7, 11) is 0. The number of rotatable bonds is 6. The van der Waals surface area contributed by atoms with Gasteiger partial charge in [0.05, 0.1) is 12.0 Å². The molecule has 2 unspecified atom stereocenters. The molecule has 110 valence electrons. The molecule has 0 heterocycles. The number of carbonyl (C=O) groups excluding carboxylic acids is 1. The van der Waals surface area contributed by atoms with Crippen molar-refractivity contribution in [3.63, 3.8) is 0 Å². The third-order valence-electron chi connectivity index (χ3n) is 4.36. The van der Waals surface area contributed by atoms with Gasteiger partial charge in [0.25, 0.3) is 0 Å². The number of carbonyl (C=O) groups is 1. The molecular formula is C17H25NO2. The molecule has 1 saturated carbocycles. The molecule has 2 atom stereocenters. The maximum atomic E-state index is 12.3. The van der Waals surface area contributed by atoms with Crippen molar-refractivity contribution >= 4 is 5.91 Å². The van der Waals surface area contributed by atoms with E-state index in [4.69, 9.17) is 0 Å². The Morgan fingerprint density at radius 2 is 1.95 bits per heavy atom. The van der Waals surface area contributed by atoms with Crippen molar-refractivity contribution in [3.8, 4) is 0 Å². The molecule has 0 aliphatic heterocycles. The fraction of sp³-hybridized carbons (Fsp3) is 0.588. The minimum atomic E-state index is -0.394. The van der Waals surface area contributed by atoms with E-state index in [1.807, 2.05) is 37.3 Å². The maximum Gasteiger partial charge on any atom is 0.227 e. The monoisotopic (exact) mass is 275 g/mol. The highest BCUT2D eigenvalue weighted by molar-refractivity contribution is 5.83. The molecule has 20 heavy (non-hydrogen) atoms. The number of aliphatic hydroxyl groups excluding tert-OH is 1. The Balaban J connectivity index is 1.86. The zero-order valence-corrected chi connectivity index (χ0v) is 12.2. The largest absolute Gasteiger partial charge is 0.391 e. The minimum Gasteiger partial charge on any atom is -0.391 e. The standard InChI is InChI=1S/C17H25NO2/c1-2-15(13-8-4-3-5-9-13)17(20)18-12-16(19)14-10-6-7-11-14/h3-5,8-9,14-16,19H,2,6-7,10-12H2,1H3,(H,18,20). The summed E-state index contributed by atoms with van der Waals surface area (Å²) in [4.78, 5) is 12.3. The van der Waals surface area contributed by atoms with Gasteiger partial charge in [0.1, 0.15) is 0 Å². The molecule has 1 aliphatic rings. The van der Waals surface area contributed by atoms with Gasteiger partial charge in [0, 0.05) is 6.54 Å². The van der Waals surface area contributed by atoms with Crippen LogP contribution in [0.2, 0.25) is 0 Å². The average molecular weight is 275 g/mol. The molecule has 0 bridgehead atoms. The summed E-state index contributed by atoms with van der Waals surface area (Å²) in [5, 5.41) is 13.0. The van der Waals surface area contributed by atoms with Crippen LogP contribution in [-0.4, -0.2) is 23.7 Å². The SMILES string of the molecule is CCC(C(=O)NCC(O)C1CCCC1)c1ccccc1. The van der Waals surface area contributed by atoms with Crippen LogP contribution < -0.4 is 5.32 Å². The van der Waals surface area contributed by atoms with E-state index in [1.54, 1.807) is 0 Å². The first-order chi connectivity index (χ1) is 9.72. The van der Waals surface area contributed by atoms with Crippen molar-refractivity contribution in [1.29, 1.82) is 0 Å². The third kappa shape index (κ3) is 3.83. The molecule has 2 N–H and O–H groups in total. The highest BCUT2D eigenvalue weighted by Crippen LogP contribution is 2.27. The van der Waals surface area contributed by atoms with Crippen LogP contribution in [0.5, 0.6) is 0 Å². The third-order valence-corrected chi connectivity index (χ3v) is 4.36. The molecule has 3 heteroatoms. The van der Waals surface area contributed by atoms with Crippen molar-refractivity contribution in [3.05, 3.63) is 35.9 Å². The summed E-state index contributed by atoms with van der Waals surface area (Å²) in [5.41, 5.74) is 1.04. The molecule has 0 saturated heterocycles. The fourth-order valence-electron chi connectivity index (χ4n) is 3.10. The number of aliphatic hydroxyl groups is 1. The first-order valence-corrected chi connectivity index (χ1v) is 7.73. The van der Waals surface area contributed by atoms with E-state index < -0.39 is 6.10 Å². The Bertz CT molecular complexity index is 412. The number of benzene rings is 1. The highest BCUT2D eigenvalue weighted by Gasteiger charge is 2.25. The summed E-state index contributed by atoms with van der Waals surface area (Å²) in [5.74, 6) is 0.273. The van der Waals surface area contributed by atoms with Crippen LogP contribution in [0.1, 0.15) is 50.5 Å². The topological polar surface area (TPSA) is 49.3 Å². The summed E-state index contributed by atoms with van der Waals surface area (Å²) >= 11 is 0. The summed E-state index contributed by atoms with van der Waals surface area (Å²) in [6.45, 7) is 2.40. The number of amides is 1. The second-order valence-corrected chi connectivity index (χ2v) is 5.73. The second kappa shape index (κ2) is 7.44. The first kappa shape index (κ1) is 15.0. The molecule has 1 aromatic carbocycles. The lowest BCUT2D eigenvalue weighted by Gasteiger charge is -2.20. The lowest BCUT2D eigenvalue weighted by atomic mass is 9.95. The number of hydrogen-bond acceptors (Lipinski definition) is 2. The van der Waals surface area contributed by atoms with Gasteiger partial charge in [-0.25, -0.2) is 0 Å². The molecular weight excluding hydrogens is 250 g/mol. The number of nitrogens with one attached hydrogen (secondary N) is 1. The van der Waals surface area contributed by atoms with Gasteiger partial charge in [-0.1, -0.05) is 50.1 Å². The lowest BCUT2D eigenvalue weighted by Crippen LogP contribution is -2.38. The quantitative estimate of drug-likeness (QED) is 0.838. The van der Waals surface area contributed by atoms with Gasteiger partial charge in [0.2, 0.25) is 5.91 Å². The average Bonchev–Trinajstić information content (AvgIpc) is 3.01. The Morgan fingerprint density at radius 1 is 1.30 bits per heavy atom. The molecule has 0 aromatic heterocycles. The van der Waals surface area contributed by atoms with Crippen molar-refractivity contribution < 1.29 is 9.90 Å². The summed E-state index contributed by atoms with van der Waals surface area (Å²) in [6.07, 6.45) is 4.97. The van der Waals surface area contributed by atoms with Crippen LogP contribution >= 0.6 is 0 Å². The Labute approximate surface area is 121 Å². The summed E-state index contributed by atoms with van der Waals surface area (Å²) < 4.78 is 0. The van der Waals surface area contributed by atoms with Crippen molar-refractivity contribution in [2.45, 2.75) is 51.0 Å². The Kier molecular flexibility index (Phi) is 5.60. The molecule has 1 aliphatic carbocycles. The molecule has 1 amide bonds. The van der Waals surface area contributed by atoms with Crippen LogP contribution in [0.3, 0.4) is 0 Å². The van der Waals surface area contributed by atoms with E-state index in [0.29, 0.717) is 12.5 Å². The minimum absolute atomic E-state index is 0.0238. The van der Waals surface area contributed by atoms with E-state index in [-0.39, 0.29) is 11.8 Å². The zero-order valence-electron chi connectivity index (χ0n) is 12.2. The molecule has 3 nitrogen and oxygen atoms in total. The van der Waals surface area contributed by atoms with Gasteiger partial charge in [0.15, 0.2) is 0 Å². The molecule has 0 radical (unpaired) electrons. The smallest absolute Gasteiger partial charge is 0.227 e. The van der Waals surface area contributed by atoms with Crippen molar-refractivity contribution in [2.75, 3.05) is 6.54 Å². The van der Waals surface area contributed by atoms with Gasteiger partial charge < -0.3 is 10.4 Å². The molecule has 1 aromatic rings. The van der Waals surface area contributed by atoms with Gasteiger partial charge >= 0.3 is 0 Å². The first-order valence-electron chi connectivity index (χ1n) is 7.73. The predicted octanol–water partition coefficient (Wildman–Crippen LogP) is 2.85. The lowest BCUT2D eigenvalue weighted by molar-refractivity contribution is -0.123. The second-order valence-electron chi connectivity index (χ2n) is 5.73. The van der Waals surface area contributed by atoms with Crippen LogP contribution in [-0.2, 0) is 4.79 Å². The van der Waals surface area contributed by atoms with Crippen LogP contribution in [0.4, 0.5) is 0 Å². The van der Waals surface area contributed by atoms with Gasteiger partial charge in [-0.2, -0.15) is 0 Å². The van der Waals surface area contributed by atoms with Crippen LogP contribution in [0, 0.1) is 5.92 Å². The van der Waals surface area contributed by atoms with E-state index in [0.717, 1.165) is 24.8 Å². The van der Waals surface area contributed by atoms with E-state index >= 15 is 0 Å². The van der Waals surface area contributed by atoms with Gasteiger partial charge in [-0.15, -0.1) is 0 Å². The van der Waals surface area contributed by atoms with Crippen molar-refractivity contribution in [1.82, 2.24) is 5.32 Å². The van der Waals surface area contributed by atoms with Crippen molar-refractivity contribution in [2.24, 2.45) is 5.92 Å². The normalized spacial score (nSPS) is 18.7. The molecule has 0 spiro atoms. The predicted molar refractivity (Wildman–Crippen MR) is 80.4 cm³/mol. The maximum absolute atomic E-state index is 12.3. The fourth-order valence-corrected chi connectivity index (χ4v) is 3.10. The molecule has 2 rings (SSSR count). The van der Waals surface area contributed by atoms with Crippen LogP contribution in [0.25, 0.3) is 0 Å². The van der Waals surface area contributed by atoms with E-state index in [1.165, 1.54) is 12.8 Å². The Morgan fingerprint density at radius 3 is 2.55 bits per heavy atom. The Hall–Kier alpha value is -1.35. The van der Waals surface area contributed by atoms with Gasteiger partial charge in [-0.3, -0.25) is 4.79 Å². The van der Waals surface area contributed by atoms with Gasteiger partial charge in [-0.05, 0) is 30.7 Å². The number of hydrogen-bond donors (Lipinski definition) is 2. The van der Waals surface area contributed by atoms with E-state index in [9.17, 15) is 9.90 Å². The summed E-state index contributed by atoms with van der Waals surface area (Å²) in [6, 6.07) is 9.84.